The Kier molecular flexibility index (Phi) is 4.02. The van der Waals surface area contributed by atoms with Crippen molar-refractivity contribution >= 4 is 17.1 Å². The SMILES string of the molecule is CCNc1cccc(N2CCCCC2)c1[N+](=O)[O-]. The van der Waals surface area contributed by atoms with Crippen molar-refractivity contribution in [1.29, 1.82) is 0 Å². The molecule has 1 heterocycles. The molecule has 0 amide bonds. The molecule has 0 spiro atoms. The van der Waals surface area contributed by atoms with Crippen molar-refractivity contribution in [2.24, 2.45) is 0 Å². The third-order valence-electron chi connectivity index (χ3n) is 3.26. The largest absolute Gasteiger partial charge is 0.380 e. The van der Waals surface area contributed by atoms with Gasteiger partial charge in [0.1, 0.15) is 11.4 Å². The molecular formula is C13H19N3O2. The number of nitro groups is 1. The summed E-state index contributed by atoms with van der Waals surface area (Å²) in [5, 5.41) is 14.4. The lowest BCUT2D eigenvalue weighted by atomic mass is 10.1. The number of para-hydroxylation sites is 1. The topological polar surface area (TPSA) is 58.4 Å². The zero-order valence-corrected chi connectivity index (χ0v) is 10.7. The quantitative estimate of drug-likeness (QED) is 0.658. The Hall–Kier alpha value is -1.78. The molecule has 1 saturated heterocycles. The van der Waals surface area contributed by atoms with Crippen molar-refractivity contribution in [3.8, 4) is 0 Å². The summed E-state index contributed by atoms with van der Waals surface area (Å²) in [6.07, 6.45) is 3.45. The first kappa shape index (κ1) is 12.7. The van der Waals surface area contributed by atoms with E-state index >= 15 is 0 Å². The summed E-state index contributed by atoms with van der Waals surface area (Å²) >= 11 is 0. The minimum absolute atomic E-state index is 0.209. The van der Waals surface area contributed by atoms with Crippen LogP contribution in [0.3, 0.4) is 0 Å². The van der Waals surface area contributed by atoms with Crippen LogP contribution in [0.25, 0.3) is 0 Å². The number of nitro benzene ring substituents is 1. The smallest absolute Gasteiger partial charge is 0.315 e. The fourth-order valence-electron chi connectivity index (χ4n) is 2.45. The number of nitrogens with one attached hydrogen (secondary N) is 1. The molecule has 5 heteroatoms. The van der Waals surface area contributed by atoms with E-state index in [0.717, 1.165) is 31.6 Å². The van der Waals surface area contributed by atoms with E-state index in [0.29, 0.717) is 12.2 Å². The number of anilines is 2. The maximum absolute atomic E-state index is 11.3. The van der Waals surface area contributed by atoms with Crippen molar-refractivity contribution in [2.45, 2.75) is 26.2 Å². The van der Waals surface area contributed by atoms with Gasteiger partial charge in [-0.15, -0.1) is 0 Å². The first-order valence-corrected chi connectivity index (χ1v) is 6.50. The van der Waals surface area contributed by atoms with Crippen LogP contribution < -0.4 is 10.2 Å². The highest BCUT2D eigenvalue weighted by Crippen LogP contribution is 2.36. The fraction of sp³-hybridized carbons (Fsp3) is 0.538. The summed E-state index contributed by atoms with van der Waals surface area (Å²) in [5.41, 5.74) is 1.57. The highest BCUT2D eigenvalue weighted by atomic mass is 16.6. The lowest BCUT2D eigenvalue weighted by molar-refractivity contribution is -0.383. The van der Waals surface area contributed by atoms with Gasteiger partial charge in [-0.3, -0.25) is 10.1 Å². The number of rotatable bonds is 4. The Morgan fingerprint density at radius 1 is 1.33 bits per heavy atom. The maximum atomic E-state index is 11.3. The van der Waals surface area contributed by atoms with Gasteiger partial charge in [-0.05, 0) is 38.3 Å². The van der Waals surface area contributed by atoms with E-state index in [1.165, 1.54) is 6.42 Å². The molecule has 1 aliphatic rings. The van der Waals surface area contributed by atoms with Crippen LogP contribution in [0.4, 0.5) is 17.1 Å². The van der Waals surface area contributed by atoms with Crippen LogP contribution >= 0.6 is 0 Å². The van der Waals surface area contributed by atoms with Crippen molar-refractivity contribution in [3.63, 3.8) is 0 Å². The molecule has 0 aliphatic carbocycles. The monoisotopic (exact) mass is 249 g/mol. The van der Waals surface area contributed by atoms with E-state index < -0.39 is 0 Å². The van der Waals surface area contributed by atoms with E-state index in [1.54, 1.807) is 6.07 Å². The molecule has 1 N–H and O–H groups in total. The van der Waals surface area contributed by atoms with Crippen LogP contribution in [0.15, 0.2) is 18.2 Å². The second-order valence-corrected chi connectivity index (χ2v) is 4.51. The summed E-state index contributed by atoms with van der Waals surface area (Å²) < 4.78 is 0. The molecule has 0 unspecified atom stereocenters. The number of piperidine rings is 1. The summed E-state index contributed by atoms with van der Waals surface area (Å²) in [7, 11) is 0. The Balaban J connectivity index is 2.38. The molecule has 0 aromatic heterocycles. The van der Waals surface area contributed by atoms with E-state index in [4.69, 9.17) is 0 Å². The summed E-state index contributed by atoms with van der Waals surface area (Å²) in [5.74, 6) is 0. The molecule has 1 aromatic rings. The van der Waals surface area contributed by atoms with Crippen LogP contribution in [-0.4, -0.2) is 24.6 Å². The van der Waals surface area contributed by atoms with E-state index in [1.807, 2.05) is 19.1 Å². The lowest BCUT2D eigenvalue weighted by Gasteiger charge is -2.28. The summed E-state index contributed by atoms with van der Waals surface area (Å²) in [6.45, 7) is 4.45. The average Bonchev–Trinajstić information content (AvgIpc) is 2.39. The fourth-order valence-corrected chi connectivity index (χ4v) is 2.45. The Morgan fingerprint density at radius 2 is 2.06 bits per heavy atom. The van der Waals surface area contributed by atoms with Gasteiger partial charge >= 0.3 is 5.69 Å². The van der Waals surface area contributed by atoms with Crippen LogP contribution in [0.2, 0.25) is 0 Å². The van der Waals surface area contributed by atoms with Crippen LogP contribution in [0, 0.1) is 10.1 Å². The number of benzene rings is 1. The van der Waals surface area contributed by atoms with Gasteiger partial charge < -0.3 is 10.2 Å². The van der Waals surface area contributed by atoms with Crippen molar-refractivity contribution in [2.75, 3.05) is 29.9 Å². The van der Waals surface area contributed by atoms with Gasteiger partial charge in [0.15, 0.2) is 0 Å². The van der Waals surface area contributed by atoms with E-state index in [2.05, 4.69) is 10.2 Å². The van der Waals surface area contributed by atoms with Gasteiger partial charge in [-0.25, -0.2) is 0 Å². The zero-order chi connectivity index (χ0) is 13.0. The lowest BCUT2D eigenvalue weighted by Crippen LogP contribution is -2.30. The highest BCUT2D eigenvalue weighted by Gasteiger charge is 2.24. The second-order valence-electron chi connectivity index (χ2n) is 4.51. The number of hydrogen-bond acceptors (Lipinski definition) is 4. The number of nitrogens with zero attached hydrogens (tertiary/aromatic N) is 2. The molecule has 0 radical (unpaired) electrons. The van der Waals surface area contributed by atoms with Crippen LogP contribution in [0.5, 0.6) is 0 Å². The molecule has 1 aromatic carbocycles. The third-order valence-corrected chi connectivity index (χ3v) is 3.26. The molecule has 18 heavy (non-hydrogen) atoms. The minimum atomic E-state index is -0.276. The Morgan fingerprint density at radius 3 is 2.67 bits per heavy atom. The summed E-state index contributed by atoms with van der Waals surface area (Å²) in [6, 6.07) is 5.51. The predicted molar refractivity (Wildman–Crippen MR) is 73.3 cm³/mol. The molecule has 1 aliphatic heterocycles. The predicted octanol–water partition coefficient (Wildman–Crippen LogP) is 3.02. The minimum Gasteiger partial charge on any atom is -0.380 e. The van der Waals surface area contributed by atoms with Gasteiger partial charge in [0.05, 0.1) is 4.92 Å². The average molecular weight is 249 g/mol. The molecule has 98 valence electrons. The first-order valence-electron chi connectivity index (χ1n) is 6.50. The highest BCUT2D eigenvalue weighted by molar-refractivity contribution is 5.77. The van der Waals surface area contributed by atoms with Gasteiger partial charge in [0.25, 0.3) is 0 Å². The van der Waals surface area contributed by atoms with Gasteiger partial charge in [0, 0.05) is 19.6 Å². The van der Waals surface area contributed by atoms with Gasteiger partial charge in [0.2, 0.25) is 0 Å². The van der Waals surface area contributed by atoms with Crippen LogP contribution in [-0.2, 0) is 0 Å². The molecule has 2 rings (SSSR count). The van der Waals surface area contributed by atoms with E-state index in [9.17, 15) is 10.1 Å². The standard InChI is InChI=1S/C13H19N3O2/c1-2-14-11-7-6-8-12(13(11)16(17)18)15-9-4-3-5-10-15/h6-8,14H,2-5,9-10H2,1H3. The Labute approximate surface area is 107 Å². The van der Waals surface area contributed by atoms with Crippen molar-refractivity contribution in [1.82, 2.24) is 0 Å². The van der Waals surface area contributed by atoms with Crippen molar-refractivity contribution < 1.29 is 4.92 Å². The first-order chi connectivity index (χ1) is 8.74. The third kappa shape index (κ3) is 2.55. The summed E-state index contributed by atoms with van der Waals surface area (Å²) in [4.78, 5) is 13.2. The molecule has 0 atom stereocenters. The van der Waals surface area contributed by atoms with Gasteiger partial charge in [-0.2, -0.15) is 0 Å². The molecule has 5 nitrogen and oxygen atoms in total. The van der Waals surface area contributed by atoms with Crippen molar-refractivity contribution in [3.05, 3.63) is 28.3 Å². The molecule has 1 fully saturated rings. The number of hydrogen-bond donors (Lipinski definition) is 1. The molecule has 0 saturated carbocycles. The Bertz CT molecular complexity index is 428. The van der Waals surface area contributed by atoms with E-state index in [-0.39, 0.29) is 10.6 Å². The normalized spacial score (nSPS) is 15.5. The van der Waals surface area contributed by atoms with Gasteiger partial charge in [-0.1, -0.05) is 6.07 Å². The molecule has 0 bridgehead atoms. The zero-order valence-electron chi connectivity index (χ0n) is 10.7. The molecular weight excluding hydrogens is 230 g/mol. The van der Waals surface area contributed by atoms with Crippen LogP contribution in [0.1, 0.15) is 26.2 Å². The maximum Gasteiger partial charge on any atom is 0.315 e. The second kappa shape index (κ2) is 5.71.